The third-order valence-electron chi connectivity index (χ3n) is 1.40. The summed E-state index contributed by atoms with van der Waals surface area (Å²) in [5.41, 5.74) is -0.421. The molecule has 60 valence electrons. The molecule has 5 heteroatoms. The molecule has 1 atom stereocenters. The van der Waals surface area contributed by atoms with Gasteiger partial charge in [0.05, 0.1) is 4.92 Å². The summed E-state index contributed by atoms with van der Waals surface area (Å²) in [7, 11) is 1.44. The highest BCUT2D eigenvalue weighted by molar-refractivity contribution is 5.15. The van der Waals surface area contributed by atoms with Crippen molar-refractivity contribution in [3.05, 3.63) is 34.2 Å². The summed E-state index contributed by atoms with van der Waals surface area (Å²) in [5.74, 6) is 0. The first-order valence-corrected chi connectivity index (χ1v) is 3.01. The fourth-order valence-corrected chi connectivity index (χ4v) is 0.789. The van der Waals surface area contributed by atoms with Crippen molar-refractivity contribution in [3.63, 3.8) is 0 Å². The van der Waals surface area contributed by atoms with Gasteiger partial charge in [-0.3, -0.25) is 10.1 Å². The highest BCUT2D eigenvalue weighted by Gasteiger charge is 2.28. The van der Waals surface area contributed by atoms with E-state index in [1.807, 2.05) is 0 Å². The Kier molecular flexibility index (Phi) is 1.89. The molecule has 1 aliphatic rings. The molecule has 0 aromatic rings. The van der Waals surface area contributed by atoms with Crippen molar-refractivity contribution in [1.29, 1.82) is 0 Å². The van der Waals surface area contributed by atoms with E-state index in [1.165, 1.54) is 19.3 Å². The molecular formula is C6H7FN2O2. The van der Waals surface area contributed by atoms with Crippen LogP contribution in [-0.2, 0) is 0 Å². The van der Waals surface area contributed by atoms with E-state index in [2.05, 4.69) is 0 Å². The smallest absolute Gasteiger partial charge is 0.300 e. The molecule has 0 saturated carbocycles. The maximum atomic E-state index is 12.9. The van der Waals surface area contributed by atoms with E-state index in [1.54, 1.807) is 0 Å². The van der Waals surface area contributed by atoms with Gasteiger partial charge >= 0.3 is 5.70 Å². The Morgan fingerprint density at radius 3 is 2.91 bits per heavy atom. The minimum absolute atomic E-state index is 0.421. The van der Waals surface area contributed by atoms with Crippen molar-refractivity contribution in [2.45, 2.75) is 6.30 Å². The van der Waals surface area contributed by atoms with Crippen molar-refractivity contribution in [1.82, 2.24) is 4.90 Å². The Morgan fingerprint density at radius 1 is 1.82 bits per heavy atom. The summed E-state index contributed by atoms with van der Waals surface area (Å²) >= 11 is 0. The second-order valence-electron chi connectivity index (χ2n) is 2.19. The maximum absolute atomic E-state index is 12.9. The molecule has 1 heterocycles. The standard InChI is InChI=1S/C6H7FN2O2/c1-8-4-2-3-5(6(8)7)9(10)11/h2-4,6H,1H3. The Labute approximate surface area is 62.8 Å². The largest absolute Gasteiger partial charge is 0.343 e. The van der Waals surface area contributed by atoms with Crippen LogP contribution in [0, 0.1) is 10.1 Å². The Hall–Kier alpha value is -1.39. The maximum Gasteiger partial charge on any atom is 0.300 e. The second kappa shape index (κ2) is 2.69. The lowest BCUT2D eigenvalue weighted by atomic mass is 10.3. The molecule has 11 heavy (non-hydrogen) atoms. The third kappa shape index (κ3) is 1.36. The van der Waals surface area contributed by atoms with Gasteiger partial charge in [0, 0.05) is 19.3 Å². The van der Waals surface area contributed by atoms with E-state index in [9.17, 15) is 14.5 Å². The van der Waals surface area contributed by atoms with Crippen LogP contribution in [0.1, 0.15) is 0 Å². The van der Waals surface area contributed by atoms with Crippen LogP contribution in [-0.4, -0.2) is 23.2 Å². The van der Waals surface area contributed by atoms with Gasteiger partial charge in [-0.25, -0.2) is 4.39 Å². The van der Waals surface area contributed by atoms with Crippen LogP contribution in [0.25, 0.3) is 0 Å². The molecule has 4 nitrogen and oxygen atoms in total. The van der Waals surface area contributed by atoms with Crippen molar-refractivity contribution in [3.8, 4) is 0 Å². The van der Waals surface area contributed by atoms with Crippen LogP contribution >= 0.6 is 0 Å². The summed E-state index contributed by atoms with van der Waals surface area (Å²) < 4.78 is 12.9. The first kappa shape index (κ1) is 7.71. The van der Waals surface area contributed by atoms with E-state index in [0.29, 0.717) is 0 Å². The summed E-state index contributed by atoms with van der Waals surface area (Å²) in [5, 5.41) is 10.1. The first-order chi connectivity index (χ1) is 5.13. The Balaban J connectivity index is 2.87. The van der Waals surface area contributed by atoms with Crippen molar-refractivity contribution >= 4 is 0 Å². The lowest BCUT2D eigenvalue weighted by molar-refractivity contribution is -0.437. The fourth-order valence-electron chi connectivity index (χ4n) is 0.789. The quantitative estimate of drug-likeness (QED) is 0.323. The highest BCUT2D eigenvalue weighted by atomic mass is 19.1. The molecule has 1 unspecified atom stereocenters. The number of rotatable bonds is 1. The Bertz CT molecular complexity index is 237. The molecule has 0 aromatic carbocycles. The number of nitrogens with zero attached hydrogens (tertiary/aromatic N) is 2. The molecule has 0 aromatic heterocycles. The molecule has 1 aliphatic heterocycles. The minimum atomic E-state index is -1.63. The van der Waals surface area contributed by atoms with Gasteiger partial charge in [-0.1, -0.05) is 0 Å². The lowest BCUT2D eigenvalue weighted by Crippen LogP contribution is -2.29. The number of likely N-dealkylation sites (N-methyl/N-ethyl adjacent to an activating group) is 1. The van der Waals surface area contributed by atoms with Crippen LogP contribution in [0.2, 0.25) is 0 Å². The lowest BCUT2D eigenvalue weighted by Gasteiger charge is -2.18. The normalized spacial score (nSPS) is 23.3. The van der Waals surface area contributed by atoms with E-state index in [4.69, 9.17) is 0 Å². The summed E-state index contributed by atoms with van der Waals surface area (Å²) in [6.07, 6.45) is 2.41. The second-order valence-corrected chi connectivity index (χ2v) is 2.19. The topological polar surface area (TPSA) is 46.4 Å². The van der Waals surface area contributed by atoms with Crippen LogP contribution in [0.4, 0.5) is 4.39 Å². The van der Waals surface area contributed by atoms with Gasteiger partial charge < -0.3 is 4.90 Å². The van der Waals surface area contributed by atoms with Gasteiger partial charge in [0.15, 0.2) is 0 Å². The van der Waals surface area contributed by atoms with E-state index in [-0.39, 0.29) is 0 Å². The van der Waals surface area contributed by atoms with Crippen LogP contribution in [0.5, 0.6) is 0 Å². The number of alkyl halides is 1. The predicted octanol–water partition coefficient (Wildman–Crippen LogP) is 0.902. The molecular weight excluding hydrogens is 151 g/mol. The first-order valence-electron chi connectivity index (χ1n) is 3.01. The zero-order chi connectivity index (χ0) is 8.43. The SMILES string of the molecule is CN1C=CC=C([N+](=O)[O-])C1F. The minimum Gasteiger partial charge on any atom is -0.343 e. The van der Waals surface area contributed by atoms with Crippen molar-refractivity contribution in [2.24, 2.45) is 0 Å². The van der Waals surface area contributed by atoms with Crippen LogP contribution in [0.15, 0.2) is 24.0 Å². The molecule has 1 rings (SSSR count). The highest BCUT2D eigenvalue weighted by Crippen LogP contribution is 2.15. The molecule has 0 saturated heterocycles. The predicted molar refractivity (Wildman–Crippen MR) is 36.9 cm³/mol. The molecule has 0 amide bonds. The molecule has 0 fully saturated rings. The van der Waals surface area contributed by atoms with E-state index >= 15 is 0 Å². The molecule has 0 N–H and O–H groups in total. The number of nitro groups is 1. The van der Waals surface area contributed by atoms with Gasteiger partial charge in [-0.05, 0) is 6.08 Å². The van der Waals surface area contributed by atoms with Gasteiger partial charge in [0.25, 0.3) is 6.30 Å². The fraction of sp³-hybridized carbons (Fsp3) is 0.333. The van der Waals surface area contributed by atoms with E-state index < -0.39 is 16.9 Å². The zero-order valence-electron chi connectivity index (χ0n) is 5.90. The van der Waals surface area contributed by atoms with Gasteiger partial charge in [-0.2, -0.15) is 0 Å². The Morgan fingerprint density at radius 2 is 2.45 bits per heavy atom. The molecule has 0 bridgehead atoms. The van der Waals surface area contributed by atoms with Gasteiger partial charge in [0.2, 0.25) is 0 Å². The monoisotopic (exact) mass is 158 g/mol. The number of halogens is 1. The van der Waals surface area contributed by atoms with E-state index in [0.717, 1.165) is 11.0 Å². The number of allylic oxidation sites excluding steroid dienone is 2. The molecule has 0 radical (unpaired) electrons. The average molecular weight is 158 g/mol. The van der Waals surface area contributed by atoms with Gasteiger partial charge in [-0.15, -0.1) is 0 Å². The average Bonchev–Trinajstić information content (AvgIpc) is 1.94. The van der Waals surface area contributed by atoms with Gasteiger partial charge in [0.1, 0.15) is 0 Å². The van der Waals surface area contributed by atoms with Crippen molar-refractivity contribution < 1.29 is 9.31 Å². The number of hydrogen-bond donors (Lipinski definition) is 0. The summed E-state index contributed by atoms with van der Waals surface area (Å²) in [6.45, 7) is 0. The molecule has 0 aliphatic carbocycles. The third-order valence-corrected chi connectivity index (χ3v) is 1.40. The summed E-state index contributed by atoms with van der Waals surface area (Å²) in [6, 6.07) is 0. The van der Waals surface area contributed by atoms with Crippen LogP contribution < -0.4 is 0 Å². The molecule has 0 spiro atoms. The summed E-state index contributed by atoms with van der Waals surface area (Å²) in [4.78, 5) is 10.6. The van der Waals surface area contributed by atoms with Crippen LogP contribution in [0.3, 0.4) is 0 Å². The zero-order valence-corrected chi connectivity index (χ0v) is 5.90. The van der Waals surface area contributed by atoms with Crippen molar-refractivity contribution in [2.75, 3.05) is 7.05 Å². The number of hydrogen-bond acceptors (Lipinski definition) is 3.